The molecule has 0 aromatic heterocycles. The number of halogens is 1. The first-order chi connectivity index (χ1) is 8.80. The van der Waals surface area contributed by atoms with Gasteiger partial charge in [0.15, 0.2) is 11.5 Å². The van der Waals surface area contributed by atoms with Crippen molar-refractivity contribution in [3.63, 3.8) is 0 Å². The third-order valence-electron chi connectivity index (χ3n) is 3.98. The van der Waals surface area contributed by atoms with Crippen LogP contribution in [0.25, 0.3) is 0 Å². The maximum absolute atomic E-state index is 5.39. The van der Waals surface area contributed by atoms with Crippen LogP contribution in [0.4, 0.5) is 0 Å². The molecule has 1 aliphatic carbocycles. The van der Waals surface area contributed by atoms with E-state index in [9.17, 15) is 0 Å². The van der Waals surface area contributed by atoms with Gasteiger partial charge < -0.3 is 14.8 Å². The van der Waals surface area contributed by atoms with E-state index < -0.39 is 0 Å². The largest absolute Gasteiger partial charge is 0.493 e. The minimum absolute atomic E-state index is 0. The smallest absolute Gasteiger partial charge is 0.160 e. The van der Waals surface area contributed by atoms with E-state index in [-0.39, 0.29) is 12.4 Å². The van der Waals surface area contributed by atoms with Crippen LogP contribution in [-0.4, -0.2) is 27.8 Å². The third kappa shape index (κ3) is 3.54. The average molecular weight is 286 g/mol. The van der Waals surface area contributed by atoms with Crippen molar-refractivity contribution in [1.82, 2.24) is 5.32 Å². The second-order valence-electron chi connectivity index (χ2n) is 4.97. The number of rotatable bonds is 6. The van der Waals surface area contributed by atoms with Crippen molar-refractivity contribution in [2.24, 2.45) is 5.92 Å². The van der Waals surface area contributed by atoms with Crippen LogP contribution in [0.5, 0.6) is 11.5 Å². The topological polar surface area (TPSA) is 30.5 Å². The van der Waals surface area contributed by atoms with Gasteiger partial charge in [0.1, 0.15) is 0 Å². The molecule has 2 rings (SSSR count). The molecular weight excluding hydrogens is 262 g/mol. The Morgan fingerprint density at radius 1 is 1.21 bits per heavy atom. The van der Waals surface area contributed by atoms with Crippen LogP contribution in [0.3, 0.4) is 0 Å². The molecule has 1 N–H and O–H groups in total. The van der Waals surface area contributed by atoms with Gasteiger partial charge in [-0.15, -0.1) is 12.4 Å². The zero-order valence-corrected chi connectivity index (χ0v) is 12.8. The predicted molar refractivity (Wildman–Crippen MR) is 80.8 cm³/mol. The van der Waals surface area contributed by atoms with Gasteiger partial charge in [0.2, 0.25) is 0 Å². The van der Waals surface area contributed by atoms with Crippen molar-refractivity contribution in [2.45, 2.75) is 25.2 Å². The maximum Gasteiger partial charge on any atom is 0.160 e. The van der Waals surface area contributed by atoms with Crippen molar-refractivity contribution in [2.75, 3.05) is 27.8 Å². The van der Waals surface area contributed by atoms with Gasteiger partial charge in [-0.3, -0.25) is 0 Å². The molecule has 0 bridgehead atoms. The summed E-state index contributed by atoms with van der Waals surface area (Å²) in [6, 6.07) is 6.30. The van der Waals surface area contributed by atoms with E-state index in [2.05, 4.69) is 17.4 Å². The van der Waals surface area contributed by atoms with Gasteiger partial charge in [0.05, 0.1) is 14.2 Å². The van der Waals surface area contributed by atoms with E-state index in [1.807, 2.05) is 13.1 Å². The van der Waals surface area contributed by atoms with Crippen LogP contribution in [-0.2, 0) is 0 Å². The van der Waals surface area contributed by atoms with Gasteiger partial charge >= 0.3 is 0 Å². The third-order valence-corrected chi connectivity index (χ3v) is 3.98. The molecule has 0 unspecified atom stereocenters. The Morgan fingerprint density at radius 3 is 2.37 bits per heavy atom. The highest BCUT2D eigenvalue weighted by molar-refractivity contribution is 5.85. The van der Waals surface area contributed by atoms with Crippen molar-refractivity contribution >= 4 is 12.4 Å². The number of nitrogens with one attached hydrogen (secondary N) is 1. The highest BCUT2D eigenvalue weighted by atomic mass is 35.5. The fourth-order valence-corrected chi connectivity index (χ4v) is 2.70. The summed E-state index contributed by atoms with van der Waals surface area (Å²) in [5, 5.41) is 3.31. The molecule has 0 heterocycles. The van der Waals surface area contributed by atoms with E-state index in [0.29, 0.717) is 5.92 Å². The Kier molecular flexibility index (Phi) is 6.46. The van der Waals surface area contributed by atoms with Gasteiger partial charge in [-0.2, -0.15) is 0 Å². The molecule has 4 heteroatoms. The number of hydrogen-bond donors (Lipinski definition) is 1. The van der Waals surface area contributed by atoms with Crippen molar-refractivity contribution < 1.29 is 9.47 Å². The number of benzene rings is 1. The SMILES string of the molecule is CNC[C@H](c1ccc(OC)c(OC)c1)C1CCC1.Cl. The lowest BCUT2D eigenvalue weighted by Gasteiger charge is -2.34. The second kappa shape index (κ2) is 7.61. The van der Waals surface area contributed by atoms with Crippen molar-refractivity contribution in [3.05, 3.63) is 23.8 Å². The lowest BCUT2D eigenvalue weighted by Crippen LogP contribution is -2.28. The van der Waals surface area contributed by atoms with E-state index in [0.717, 1.165) is 24.0 Å². The molecule has 1 fully saturated rings. The normalized spacial score (nSPS) is 16.2. The first kappa shape index (κ1) is 16.1. The summed E-state index contributed by atoms with van der Waals surface area (Å²) in [4.78, 5) is 0. The van der Waals surface area contributed by atoms with Crippen molar-refractivity contribution in [3.8, 4) is 11.5 Å². The van der Waals surface area contributed by atoms with E-state index in [4.69, 9.17) is 9.47 Å². The summed E-state index contributed by atoms with van der Waals surface area (Å²) in [5.41, 5.74) is 1.35. The molecule has 1 aromatic carbocycles. The molecule has 0 radical (unpaired) electrons. The van der Waals surface area contributed by atoms with E-state index in [1.54, 1.807) is 14.2 Å². The predicted octanol–water partition coefficient (Wildman–Crippen LogP) is 3.23. The molecule has 0 saturated heterocycles. The highest BCUT2D eigenvalue weighted by Crippen LogP contribution is 2.41. The zero-order valence-electron chi connectivity index (χ0n) is 11.9. The minimum Gasteiger partial charge on any atom is -0.493 e. The van der Waals surface area contributed by atoms with Crippen LogP contribution in [0.2, 0.25) is 0 Å². The van der Waals surface area contributed by atoms with Gasteiger partial charge in [0.25, 0.3) is 0 Å². The summed E-state index contributed by atoms with van der Waals surface area (Å²) >= 11 is 0. The van der Waals surface area contributed by atoms with E-state index >= 15 is 0 Å². The Morgan fingerprint density at radius 2 is 1.89 bits per heavy atom. The highest BCUT2D eigenvalue weighted by Gasteiger charge is 2.28. The second-order valence-corrected chi connectivity index (χ2v) is 4.97. The summed E-state index contributed by atoms with van der Waals surface area (Å²) < 4.78 is 10.7. The number of methoxy groups -OCH3 is 2. The number of ether oxygens (including phenoxy) is 2. The molecule has 1 atom stereocenters. The van der Waals surface area contributed by atoms with Gasteiger partial charge in [0, 0.05) is 6.54 Å². The molecule has 1 saturated carbocycles. The molecule has 0 spiro atoms. The van der Waals surface area contributed by atoms with Gasteiger partial charge in [-0.25, -0.2) is 0 Å². The van der Waals surface area contributed by atoms with Crippen LogP contribution in [0.1, 0.15) is 30.7 Å². The van der Waals surface area contributed by atoms with E-state index in [1.165, 1.54) is 24.8 Å². The molecule has 0 aliphatic heterocycles. The zero-order chi connectivity index (χ0) is 13.0. The molecule has 108 valence electrons. The molecule has 19 heavy (non-hydrogen) atoms. The van der Waals surface area contributed by atoms with Crippen LogP contribution in [0.15, 0.2) is 18.2 Å². The van der Waals surface area contributed by atoms with Crippen LogP contribution >= 0.6 is 12.4 Å². The first-order valence-electron chi connectivity index (χ1n) is 6.66. The minimum atomic E-state index is 0. The molecular formula is C15H24ClNO2. The van der Waals surface area contributed by atoms with Gasteiger partial charge in [-0.1, -0.05) is 12.5 Å². The number of hydrogen-bond acceptors (Lipinski definition) is 3. The van der Waals surface area contributed by atoms with Crippen molar-refractivity contribution in [1.29, 1.82) is 0 Å². The Labute approximate surface area is 122 Å². The van der Waals surface area contributed by atoms with Gasteiger partial charge in [-0.05, 0) is 49.4 Å². The average Bonchev–Trinajstić information content (AvgIpc) is 2.35. The van der Waals surface area contributed by atoms with Crippen LogP contribution in [0, 0.1) is 5.92 Å². The molecule has 1 aromatic rings. The Balaban J connectivity index is 0.00000180. The summed E-state index contributed by atoms with van der Waals surface area (Å²) in [5.74, 6) is 3.03. The Hall–Kier alpha value is -0.930. The number of likely N-dealkylation sites (N-methyl/N-ethyl adjacent to an activating group) is 1. The summed E-state index contributed by atoms with van der Waals surface area (Å²) in [7, 11) is 5.39. The fourth-order valence-electron chi connectivity index (χ4n) is 2.70. The summed E-state index contributed by atoms with van der Waals surface area (Å²) in [6.45, 7) is 1.03. The quantitative estimate of drug-likeness (QED) is 0.870. The molecule has 3 nitrogen and oxygen atoms in total. The summed E-state index contributed by atoms with van der Waals surface area (Å²) in [6.07, 6.45) is 4.07. The first-order valence-corrected chi connectivity index (χ1v) is 6.66. The molecule has 0 amide bonds. The van der Waals surface area contributed by atoms with Crippen LogP contribution < -0.4 is 14.8 Å². The Bertz CT molecular complexity index is 394. The lowest BCUT2D eigenvalue weighted by atomic mass is 9.73. The fraction of sp³-hybridized carbons (Fsp3) is 0.600. The monoisotopic (exact) mass is 285 g/mol. The maximum atomic E-state index is 5.39. The lowest BCUT2D eigenvalue weighted by molar-refractivity contribution is 0.257. The standard InChI is InChI=1S/C15H23NO2.ClH/c1-16-10-13(11-5-4-6-11)12-7-8-14(17-2)15(9-12)18-3;/h7-9,11,13,16H,4-6,10H2,1-3H3;1H/t13-;/m0./s1. The molecule has 1 aliphatic rings.